The van der Waals surface area contributed by atoms with E-state index in [2.05, 4.69) is 0 Å². The SMILES string of the molecule is Cc1c(C2=CCS(=O)(=O)c3ccc(Cl)cc32)c2cc(F)ccc2n1CC(=O)O. The molecule has 144 valence electrons. The third-order valence-corrected chi connectivity index (χ3v) is 6.79. The number of hydrogen-bond acceptors (Lipinski definition) is 3. The molecule has 2 aromatic carbocycles. The van der Waals surface area contributed by atoms with E-state index in [0.717, 1.165) is 0 Å². The first-order valence-electron chi connectivity index (χ1n) is 8.42. The van der Waals surface area contributed by atoms with Crippen LogP contribution in [0.15, 0.2) is 47.4 Å². The zero-order valence-electron chi connectivity index (χ0n) is 14.7. The Hall–Kier alpha value is -2.64. The summed E-state index contributed by atoms with van der Waals surface area (Å²) in [6.45, 7) is 1.45. The number of nitrogens with zero attached hydrogens (tertiary/aromatic N) is 1. The van der Waals surface area contributed by atoms with Crippen molar-refractivity contribution in [2.24, 2.45) is 0 Å². The van der Waals surface area contributed by atoms with E-state index in [1.807, 2.05) is 0 Å². The van der Waals surface area contributed by atoms with E-state index >= 15 is 0 Å². The number of aliphatic carboxylic acids is 1. The van der Waals surface area contributed by atoms with Crippen LogP contribution in [-0.4, -0.2) is 29.8 Å². The molecule has 0 aliphatic carbocycles. The Balaban J connectivity index is 2.07. The van der Waals surface area contributed by atoms with Gasteiger partial charge in [0.1, 0.15) is 12.4 Å². The minimum absolute atomic E-state index is 0.157. The van der Waals surface area contributed by atoms with Gasteiger partial charge in [0.2, 0.25) is 0 Å². The van der Waals surface area contributed by atoms with Gasteiger partial charge >= 0.3 is 5.97 Å². The number of aromatic nitrogens is 1. The maximum Gasteiger partial charge on any atom is 0.323 e. The van der Waals surface area contributed by atoms with Gasteiger partial charge < -0.3 is 9.67 Å². The molecule has 1 aliphatic heterocycles. The number of rotatable bonds is 3. The van der Waals surface area contributed by atoms with Gasteiger partial charge in [0, 0.05) is 32.7 Å². The van der Waals surface area contributed by atoms with E-state index < -0.39 is 21.6 Å². The van der Waals surface area contributed by atoms with Crippen molar-refractivity contribution in [2.45, 2.75) is 18.4 Å². The molecule has 0 saturated heterocycles. The van der Waals surface area contributed by atoms with Crippen LogP contribution in [-0.2, 0) is 21.2 Å². The van der Waals surface area contributed by atoms with Gasteiger partial charge in [-0.05, 0) is 48.9 Å². The molecule has 0 radical (unpaired) electrons. The number of carboxylic acid groups (broad SMARTS) is 1. The van der Waals surface area contributed by atoms with E-state index in [1.54, 1.807) is 23.6 Å². The van der Waals surface area contributed by atoms with E-state index in [4.69, 9.17) is 11.6 Å². The topological polar surface area (TPSA) is 76.4 Å². The molecule has 0 bridgehead atoms. The summed E-state index contributed by atoms with van der Waals surface area (Å²) in [5.41, 5.74) is 2.81. The fourth-order valence-corrected chi connectivity index (χ4v) is 5.26. The highest BCUT2D eigenvalue weighted by Crippen LogP contribution is 2.41. The second-order valence-corrected chi connectivity index (χ2v) is 9.08. The van der Waals surface area contributed by atoms with Crippen molar-refractivity contribution in [3.63, 3.8) is 0 Å². The Labute approximate surface area is 165 Å². The summed E-state index contributed by atoms with van der Waals surface area (Å²) in [5.74, 6) is -1.69. The Morgan fingerprint density at radius 1 is 1.25 bits per heavy atom. The van der Waals surface area contributed by atoms with Gasteiger partial charge in [-0.15, -0.1) is 0 Å². The molecule has 0 saturated carbocycles. The van der Waals surface area contributed by atoms with Crippen LogP contribution in [0, 0.1) is 12.7 Å². The number of hydrogen-bond donors (Lipinski definition) is 1. The van der Waals surface area contributed by atoms with Crippen LogP contribution in [0.2, 0.25) is 5.02 Å². The lowest BCUT2D eigenvalue weighted by Gasteiger charge is -2.19. The van der Waals surface area contributed by atoms with E-state index in [-0.39, 0.29) is 17.2 Å². The van der Waals surface area contributed by atoms with Crippen LogP contribution in [0.5, 0.6) is 0 Å². The van der Waals surface area contributed by atoms with Crippen molar-refractivity contribution in [1.82, 2.24) is 4.57 Å². The standard InChI is InChI=1S/C20H15ClFNO4S/c1-11-20(16-9-13(22)3-4-17(16)23(11)10-19(24)25)14-6-7-28(26,27)18-5-2-12(21)8-15(14)18/h2-6,8-9H,7,10H2,1H3,(H,24,25). The number of halogens is 2. The predicted molar refractivity (Wildman–Crippen MR) is 105 cm³/mol. The minimum atomic E-state index is -3.50. The van der Waals surface area contributed by atoms with E-state index in [1.165, 1.54) is 30.3 Å². The molecule has 0 amide bonds. The number of carbonyl (C=O) groups is 1. The molecule has 28 heavy (non-hydrogen) atoms. The monoisotopic (exact) mass is 419 g/mol. The third kappa shape index (κ3) is 2.91. The highest BCUT2D eigenvalue weighted by molar-refractivity contribution is 7.91. The zero-order chi connectivity index (χ0) is 20.2. The lowest BCUT2D eigenvalue weighted by molar-refractivity contribution is -0.137. The highest BCUT2D eigenvalue weighted by Gasteiger charge is 2.29. The Kier molecular flexibility index (Phi) is 4.32. The summed E-state index contributed by atoms with van der Waals surface area (Å²) in [6, 6.07) is 8.69. The molecular weight excluding hydrogens is 405 g/mol. The Bertz CT molecular complexity index is 1290. The molecular formula is C20H15ClFNO4S. The van der Waals surface area contributed by atoms with Crippen LogP contribution < -0.4 is 0 Å². The van der Waals surface area contributed by atoms with Crippen molar-refractivity contribution in [1.29, 1.82) is 0 Å². The fraction of sp³-hybridized carbons (Fsp3) is 0.150. The van der Waals surface area contributed by atoms with Gasteiger partial charge in [-0.1, -0.05) is 17.7 Å². The normalized spacial score (nSPS) is 15.3. The van der Waals surface area contributed by atoms with Crippen LogP contribution >= 0.6 is 11.6 Å². The number of fused-ring (bicyclic) bond motifs is 2. The molecule has 0 atom stereocenters. The average molecular weight is 420 g/mol. The maximum atomic E-state index is 14.0. The first-order valence-corrected chi connectivity index (χ1v) is 10.5. The molecule has 0 unspecified atom stereocenters. The van der Waals surface area contributed by atoms with Crippen molar-refractivity contribution in [2.75, 3.05) is 5.75 Å². The first kappa shape index (κ1) is 18.7. The van der Waals surface area contributed by atoms with E-state index in [0.29, 0.717) is 38.3 Å². The summed E-state index contributed by atoms with van der Waals surface area (Å²) in [5, 5.41) is 10.2. The van der Waals surface area contributed by atoms with Crippen LogP contribution in [0.3, 0.4) is 0 Å². The number of carboxylic acids is 1. The molecule has 1 N–H and O–H groups in total. The lowest BCUT2D eigenvalue weighted by atomic mass is 9.95. The van der Waals surface area contributed by atoms with Crippen LogP contribution in [0.4, 0.5) is 4.39 Å². The maximum absolute atomic E-state index is 14.0. The number of sulfone groups is 1. The second-order valence-electron chi connectivity index (χ2n) is 6.64. The highest BCUT2D eigenvalue weighted by atomic mass is 35.5. The molecule has 1 aliphatic rings. The Morgan fingerprint density at radius 2 is 2.00 bits per heavy atom. The molecule has 3 aromatic rings. The zero-order valence-corrected chi connectivity index (χ0v) is 16.3. The quantitative estimate of drug-likeness (QED) is 0.695. The average Bonchev–Trinajstić information content (AvgIpc) is 2.86. The van der Waals surface area contributed by atoms with Gasteiger partial charge in [0.25, 0.3) is 0 Å². The van der Waals surface area contributed by atoms with Gasteiger partial charge in [-0.2, -0.15) is 0 Å². The minimum Gasteiger partial charge on any atom is -0.480 e. The van der Waals surface area contributed by atoms with Gasteiger partial charge in [0.15, 0.2) is 9.84 Å². The summed E-state index contributed by atoms with van der Waals surface area (Å²) in [4.78, 5) is 11.5. The van der Waals surface area contributed by atoms with Gasteiger partial charge in [-0.25, -0.2) is 12.8 Å². The van der Waals surface area contributed by atoms with Crippen molar-refractivity contribution in [3.05, 3.63) is 70.1 Å². The van der Waals surface area contributed by atoms with Crippen molar-refractivity contribution < 1.29 is 22.7 Å². The summed E-state index contributed by atoms with van der Waals surface area (Å²) in [6.07, 6.45) is 1.58. The lowest BCUT2D eigenvalue weighted by Crippen LogP contribution is -2.14. The summed E-state index contributed by atoms with van der Waals surface area (Å²) < 4.78 is 40.6. The molecule has 8 heteroatoms. The molecule has 5 nitrogen and oxygen atoms in total. The molecule has 0 spiro atoms. The third-order valence-electron chi connectivity index (χ3n) is 4.92. The molecule has 2 heterocycles. The largest absolute Gasteiger partial charge is 0.480 e. The molecule has 4 rings (SSSR count). The fourth-order valence-electron chi connectivity index (χ4n) is 3.75. The molecule has 1 aromatic heterocycles. The first-order chi connectivity index (χ1) is 13.2. The summed E-state index contributed by atoms with van der Waals surface area (Å²) >= 11 is 6.11. The van der Waals surface area contributed by atoms with Gasteiger partial charge in [0.05, 0.1) is 10.6 Å². The molecule has 0 fully saturated rings. The van der Waals surface area contributed by atoms with Gasteiger partial charge in [-0.3, -0.25) is 4.79 Å². The predicted octanol–water partition coefficient (Wildman–Crippen LogP) is 4.05. The second kappa shape index (κ2) is 6.46. The van der Waals surface area contributed by atoms with E-state index in [9.17, 15) is 22.7 Å². The number of benzene rings is 2. The summed E-state index contributed by atoms with van der Waals surface area (Å²) in [7, 11) is -3.50. The van der Waals surface area contributed by atoms with Crippen molar-refractivity contribution >= 4 is 43.9 Å². The van der Waals surface area contributed by atoms with Crippen LogP contribution in [0.25, 0.3) is 16.5 Å². The van der Waals surface area contributed by atoms with Crippen LogP contribution in [0.1, 0.15) is 16.8 Å². The Morgan fingerprint density at radius 3 is 2.71 bits per heavy atom. The smallest absolute Gasteiger partial charge is 0.323 e. The van der Waals surface area contributed by atoms with Crippen molar-refractivity contribution in [3.8, 4) is 0 Å².